The number of ketones is 1. The van der Waals surface area contributed by atoms with Gasteiger partial charge in [0, 0.05) is 18.4 Å². The molecule has 0 aromatic heterocycles. The molecule has 7 atom stereocenters. The van der Waals surface area contributed by atoms with Crippen LogP contribution in [0.1, 0.15) is 84.5 Å². The molecule has 1 aliphatic heterocycles. The summed E-state index contributed by atoms with van der Waals surface area (Å²) in [7, 11) is 0. The molecule has 150 valence electrons. The van der Waals surface area contributed by atoms with Crippen LogP contribution < -0.4 is 0 Å². The lowest BCUT2D eigenvalue weighted by Gasteiger charge is -2.57. The molecule has 3 heteroatoms. The molecule has 0 bridgehead atoms. The number of hydrogen-bond donors (Lipinski definition) is 0. The number of rotatable bonds is 2. The molecule has 0 N–H and O–H groups in total. The third kappa shape index (κ3) is 2.87. The zero-order valence-corrected chi connectivity index (χ0v) is 17.2. The van der Waals surface area contributed by atoms with Crippen LogP contribution in [0.25, 0.3) is 0 Å². The van der Waals surface area contributed by atoms with Crippen molar-refractivity contribution in [3.05, 3.63) is 11.6 Å². The van der Waals surface area contributed by atoms with Crippen molar-refractivity contribution < 1.29 is 14.3 Å². The predicted octanol–water partition coefficient (Wildman–Crippen LogP) is 5.43. The van der Waals surface area contributed by atoms with Gasteiger partial charge in [-0.1, -0.05) is 25.5 Å². The summed E-state index contributed by atoms with van der Waals surface area (Å²) < 4.78 is 12.2. The fourth-order valence-electron chi connectivity index (χ4n) is 7.55. The monoisotopic (exact) mass is 372 g/mol. The van der Waals surface area contributed by atoms with Gasteiger partial charge in [0.2, 0.25) is 0 Å². The molecular formula is C24H36O3. The molecule has 4 fully saturated rings. The Morgan fingerprint density at radius 1 is 1.04 bits per heavy atom. The maximum atomic E-state index is 12.6. The number of hydrogen-bond acceptors (Lipinski definition) is 3. The highest BCUT2D eigenvalue weighted by molar-refractivity contribution is 5.87. The Bertz CT molecular complexity index is 634. The van der Waals surface area contributed by atoms with Crippen molar-refractivity contribution in [2.45, 2.75) is 96.9 Å². The molecule has 1 saturated heterocycles. The van der Waals surface area contributed by atoms with E-state index in [1.54, 1.807) is 5.57 Å². The Hall–Kier alpha value is -0.670. The summed E-state index contributed by atoms with van der Waals surface area (Å²) in [5.74, 6) is 2.68. The van der Waals surface area contributed by atoms with Crippen LogP contribution in [0.3, 0.4) is 0 Å². The predicted molar refractivity (Wildman–Crippen MR) is 105 cm³/mol. The molecule has 4 aliphatic carbocycles. The van der Waals surface area contributed by atoms with Gasteiger partial charge >= 0.3 is 0 Å². The molecule has 27 heavy (non-hydrogen) atoms. The van der Waals surface area contributed by atoms with E-state index in [4.69, 9.17) is 9.47 Å². The topological polar surface area (TPSA) is 35.5 Å². The van der Waals surface area contributed by atoms with E-state index in [1.807, 2.05) is 0 Å². The summed E-state index contributed by atoms with van der Waals surface area (Å²) >= 11 is 0. The highest BCUT2D eigenvalue weighted by Crippen LogP contribution is 2.64. The molecule has 5 rings (SSSR count). The van der Waals surface area contributed by atoms with E-state index >= 15 is 0 Å². The van der Waals surface area contributed by atoms with Crippen molar-refractivity contribution in [1.82, 2.24) is 0 Å². The standard InChI is InChI=1S/C24H36O3/c1-23-12-10-17(27-22-5-3-4-14-26-22)15-16(23)6-7-18-19-8-9-21(25)24(19,2)13-11-20(18)23/h6,17-20,22H,3-5,7-15H2,1-2H3/t17-,18-,19-,20-,22+,23-,24-/m0/s1. The van der Waals surface area contributed by atoms with Crippen molar-refractivity contribution >= 4 is 5.78 Å². The SMILES string of the molecule is C[C@]12CC[C@H](O[C@@H]3CCCCO3)CC1=CC[C@@H]1[C@@H]2CC[C@]2(C)C(=O)CC[C@@H]12. The molecular weight excluding hydrogens is 336 g/mol. The minimum atomic E-state index is -0.0124. The average molecular weight is 373 g/mol. The quantitative estimate of drug-likeness (QED) is 0.606. The first-order valence-electron chi connectivity index (χ1n) is 11.5. The summed E-state index contributed by atoms with van der Waals surface area (Å²) in [6, 6.07) is 0. The summed E-state index contributed by atoms with van der Waals surface area (Å²) in [6.07, 6.45) is 15.4. The van der Waals surface area contributed by atoms with Crippen LogP contribution in [-0.2, 0) is 14.3 Å². The van der Waals surface area contributed by atoms with Gasteiger partial charge in [-0.15, -0.1) is 0 Å². The second-order valence-electron chi connectivity index (χ2n) is 10.5. The van der Waals surface area contributed by atoms with Gasteiger partial charge in [-0.3, -0.25) is 4.79 Å². The number of carbonyl (C=O) groups excluding carboxylic acids is 1. The van der Waals surface area contributed by atoms with Crippen molar-refractivity contribution in [1.29, 1.82) is 0 Å². The second-order valence-corrected chi connectivity index (χ2v) is 10.5. The molecule has 0 aromatic rings. The highest BCUT2D eigenvalue weighted by Gasteiger charge is 2.58. The van der Waals surface area contributed by atoms with Crippen LogP contribution in [-0.4, -0.2) is 24.8 Å². The number of carbonyl (C=O) groups is 1. The Morgan fingerprint density at radius 3 is 2.67 bits per heavy atom. The average Bonchev–Trinajstić information content (AvgIpc) is 2.98. The number of Topliss-reactive ketones (excluding diaryl/α,β-unsaturated/α-hetero) is 1. The van der Waals surface area contributed by atoms with Crippen molar-refractivity contribution in [3.8, 4) is 0 Å². The smallest absolute Gasteiger partial charge is 0.157 e. The molecule has 5 aliphatic rings. The van der Waals surface area contributed by atoms with Gasteiger partial charge in [-0.05, 0) is 87.4 Å². The normalized spacial score (nSPS) is 49.8. The van der Waals surface area contributed by atoms with Gasteiger partial charge < -0.3 is 9.47 Å². The first kappa shape index (κ1) is 18.4. The van der Waals surface area contributed by atoms with E-state index in [0.717, 1.165) is 57.0 Å². The van der Waals surface area contributed by atoms with Crippen molar-refractivity contribution in [2.75, 3.05) is 6.61 Å². The van der Waals surface area contributed by atoms with Crippen LogP contribution in [0.2, 0.25) is 0 Å². The van der Waals surface area contributed by atoms with Crippen LogP contribution in [0.5, 0.6) is 0 Å². The first-order chi connectivity index (χ1) is 13.0. The Kier molecular flexibility index (Phi) is 4.55. The van der Waals surface area contributed by atoms with Crippen LogP contribution in [0.4, 0.5) is 0 Å². The molecule has 0 unspecified atom stereocenters. The second kappa shape index (κ2) is 6.69. The Balaban J connectivity index is 1.32. The molecule has 0 radical (unpaired) electrons. The Labute approximate surface area is 164 Å². The van der Waals surface area contributed by atoms with Gasteiger partial charge in [-0.2, -0.15) is 0 Å². The summed E-state index contributed by atoms with van der Waals surface area (Å²) in [5.41, 5.74) is 1.98. The van der Waals surface area contributed by atoms with Crippen LogP contribution in [0, 0.1) is 28.6 Å². The van der Waals surface area contributed by atoms with E-state index in [-0.39, 0.29) is 11.7 Å². The first-order valence-corrected chi connectivity index (χ1v) is 11.5. The number of fused-ring (bicyclic) bond motifs is 5. The van der Waals surface area contributed by atoms with Gasteiger partial charge in [0.15, 0.2) is 6.29 Å². The van der Waals surface area contributed by atoms with E-state index in [2.05, 4.69) is 19.9 Å². The maximum absolute atomic E-state index is 12.6. The fraction of sp³-hybridized carbons (Fsp3) is 0.875. The third-order valence-corrected chi connectivity index (χ3v) is 9.25. The molecule has 3 nitrogen and oxygen atoms in total. The number of ether oxygens (including phenoxy) is 2. The molecule has 1 heterocycles. The zero-order valence-electron chi connectivity index (χ0n) is 17.2. The lowest BCUT2D eigenvalue weighted by Crippen LogP contribution is -2.50. The van der Waals surface area contributed by atoms with Crippen LogP contribution in [0.15, 0.2) is 11.6 Å². The van der Waals surface area contributed by atoms with E-state index in [1.165, 1.54) is 32.1 Å². The summed E-state index contributed by atoms with van der Waals surface area (Å²) in [4.78, 5) is 12.6. The van der Waals surface area contributed by atoms with Crippen LogP contribution >= 0.6 is 0 Å². The van der Waals surface area contributed by atoms with Gasteiger partial charge in [0.1, 0.15) is 5.78 Å². The lowest BCUT2D eigenvalue weighted by molar-refractivity contribution is -0.195. The molecule has 0 amide bonds. The molecule has 0 spiro atoms. The highest BCUT2D eigenvalue weighted by atomic mass is 16.7. The van der Waals surface area contributed by atoms with Crippen molar-refractivity contribution in [3.63, 3.8) is 0 Å². The van der Waals surface area contributed by atoms with Gasteiger partial charge in [0.25, 0.3) is 0 Å². The summed E-state index contributed by atoms with van der Waals surface area (Å²) in [6.45, 7) is 5.67. The largest absolute Gasteiger partial charge is 0.353 e. The third-order valence-electron chi connectivity index (χ3n) is 9.25. The minimum Gasteiger partial charge on any atom is -0.353 e. The maximum Gasteiger partial charge on any atom is 0.157 e. The summed E-state index contributed by atoms with van der Waals surface area (Å²) in [5, 5.41) is 0. The fourth-order valence-corrected chi connectivity index (χ4v) is 7.55. The minimum absolute atomic E-state index is 0.0124. The van der Waals surface area contributed by atoms with Gasteiger partial charge in [-0.25, -0.2) is 0 Å². The van der Waals surface area contributed by atoms with E-state index < -0.39 is 0 Å². The van der Waals surface area contributed by atoms with E-state index in [0.29, 0.717) is 23.2 Å². The molecule has 3 saturated carbocycles. The zero-order chi connectivity index (χ0) is 18.6. The lowest BCUT2D eigenvalue weighted by atomic mass is 9.48. The van der Waals surface area contributed by atoms with Gasteiger partial charge in [0.05, 0.1) is 6.10 Å². The number of allylic oxidation sites excluding steroid dienone is 1. The van der Waals surface area contributed by atoms with E-state index in [9.17, 15) is 4.79 Å². The van der Waals surface area contributed by atoms with Crippen molar-refractivity contribution in [2.24, 2.45) is 28.6 Å². The molecule has 0 aromatic carbocycles. The Morgan fingerprint density at radius 2 is 1.85 bits per heavy atom.